The summed E-state index contributed by atoms with van der Waals surface area (Å²) >= 11 is 0. The molecule has 20 heavy (non-hydrogen) atoms. The number of hydrogen-bond donors (Lipinski definition) is 2. The van der Waals surface area contributed by atoms with Crippen LogP contribution in [0.2, 0.25) is 0 Å². The fraction of sp³-hybridized carbons (Fsp3) is 0.333. The van der Waals surface area contributed by atoms with Crippen LogP contribution >= 0.6 is 0 Å². The lowest BCUT2D eigenvalue weighted by Gasteiger charge is -2.32. The second-order valence-corrected chi connectivity index (χ2v) is 5.71. The summed E-state index contributed by atoms with van der Waals surface area (Å²) in [5.74, 6) is 0. The Bertz CT molecular complexity index is 541. The summed E-state index contributed by atoms with van der Waals surface area (Å²) in [7, 11) is 0. The van der Waals surface area contributed by atoms with Crippen molar-refractivity contribution in [3.05, 3.63) is 60.2 Å². The molecule has 1 saturated heterocycles. The van der Waals surface area contributed by atoms with Gasteiger partial charge in [0.1, 0.15) is 0 Å². The first-order chi connectivity index (χ1) is 9.75. The molecule has 1 aliphatic heterocycles. The van der Waals surface area contributed by atoms with Crippen LogP contribution in [0.25, 0.3) is 11.1 Å². The molecule has 0 bridgehead atoms. The molecule has 0 amide bonds. The van der Waals surface area contributed by atoms with Gasteiger partial charge >= 0.3 is 0 Å². The minimum atomic E-state index is -0.528. The number of piperidine rings is 1. The van der Waals surface area contributed by atoms with Gasteiger partial charge in [-0.05, 0) is 42.6 Å². The van der Waals surface area contributed by atoms with Crippen LogP contribution in [0.4, 0.5) is 0 Å². The van der Waals surface area contributed by atoms with E-state index in [4.69, 9.17) is 0 Å². The minimum absolute atomic E-state index is 0.528. The van der Waals surface area contributed by atoms with E-state index in [1.54, 1.807) is 0 Å². The van der Waals surface area contributed by atoms with Crippen molar-refractivity contribution in [2.24, 2.45) is 0 Å². The zero-order valence-electron chi connectivity index (χ0n) is 11.7. The van der Waals surface area contributed by atoms with E-state index in [0.29, 0.717) is 0 Å². The van der Waals surface area contributed by atoms with Gasteiger partial charge in [-0.15, -0.1) is 0 Å². The van der Waals surface area contributed by atoms with E-state index in [-0.39, 0.29) is 0 Å². The standard InChI is InChI=1S/C18H21NO/c20-18(10-12-19-13-11-18)14-15-6-8-17(9-7-15)16-4-2-1-3-5-16/h1-9,19-20H,10-14H2. The molecule has 2 heteroatoms. The molecular formula is C18H21NO. The van der Waals surface area contributed by atoms with Gasteiger partial charge in [-0.3, -0.25) is 0 Å². The van der Waals surface area contributed by atoms with Crippen molar-refractivity contribution in [1.82, 2.24) is 5.32 Å². The Morgan fingerprint density at radius 2 is 1.45 bits per heavy atom. The van der Waals surface area contributed by atoms with Crippen LogP contribution in [0.5, 0.6) is 0 Å². The van der Waals surface area contributed by atoms with E-state index in [9.17, 15) is 5.11 Å². The van der Waals surface area contributed by atoms with Gasteiger partial charge in [0, 0.05) is 6.42 Å². The first-order valence-electron chi connectivity index (χ1n) is 7.33. The normalized spacial score (nSPS) is 17.9. The second-order valence-electron chi connectivity index (χ2n) is 5.71. The molecule has 0 saturated carbocycles. The topological polar surface area (TPSA) is 32.3 Å². The number of nitrogens with one attached hydrogen (secondary N) is 1. The number of hydrogen-bond acceptors (Lipinski definition) is 2. The Hall–Kier alpha value is -1.64. The van der Waals surface area contributed by atoms with Crippen LogP contribution in [0.3, 0.4) is 0 Å². The minimum Gasteiger partial charge on any atom is -0.389 e. The fourth-order valence-corrected chi connectivity index (χ4v) is 2.89. The zero-order chi connectivity index (χ0) is 13.8. The summed E-state index contributed by atoms with van der Waals surface area (Å²) in [6, 6.07) is 19.0. The third-order valence-corrected chi connectivity index (χ3v) is 4.13. The monoisotopic (exact) mass is 267 g/mol. The molecule has 3 rings (SSSR count). The summed E-state index contributed by atoms with van der Waals surface area (Å²) in [6.45, 7) is 1.83. The van der Waals surface area contributed by atoms with E-state index in [2.05, 4.69) is 53.8 Å². The molecule has 2 N–H and O–H groups in total. The van der Waals surface area contributed by atoms with Crippen molar-refractivity contribution in [1.29, 1.82) is 0 Å². The van der Waals surface area contributed by atoms with Crippen molar-refractivity contribution in [3.63, 3.8) is 0 Å². The summed E-state index contributed by atoms with van der Waals surface area (Å²) in [5.41, 5.74) is 3.15. The second kappa shape index (κ2) is 5.78. The first kappa shape index (κ1) is 13.3. The number of rotatable bonds is 3. The van der Waals surface area contributed by atoms with Gasteiger partial charge in [0.05, 0.1) is 5.60 Å². The zero-order valence-corrected chi connectivity index (χ0v) is 11.7. The summed E-state index contributed by atoms with van der Waals surface area (Å²) in [5, 5.41) is 13.9. The summed E-state index contributed by atoms with van der Waals surface area (Å²) in [6.07, 6.45) is 2.44. The van der Waals surface area contributed by atoms with Crippen molar-refractivity contribution in [3.8, 4) is 11.1 Å². The van der Waals surface area contributed by atoms with Crippen molar-refractivity contribution < 1.29 is 5.11 Å². The molecule has 2 aromatic carbocycles. The fourth-order valence-electron chi connectivity index (χ4n) is 2.89. The lowest BCUT2D eigenvalue weighted by Crippen LogP contribution is -2.43. The largest absolute Gasteiger partial charge is 0.389 e. The van der Waals surface area contributed by atoms with Gasteiger partial charge in [-0.1, -0.05) is 54.6 Å². The smallest absolute Gasteiger partial charge is 0.0712 e. The van der Waals surface area contributed by atoms with Crippen LogP contribution in [-0.4, -0.2) is 23.8 Å². The number of benzene rings is 2. The van der Waals surface area contributed by atoms with Gasteiger partial charge in [-0.2, -0.15) is 0 Å². The van der Waals surface area contributed by atoms with E-state index in [1.165, 1.54) is 16.7 Å². The Morgan fingerprint density at radius 1 is 0.850 bits per heavy atom. The van der Waals surface area contributed by atoms with Crippen molar-refractivity contribution in [2.75, 3.05) is 13.1 Å². The highest BCUT2D eigenvalue weighted by molar-refractivity contribution is 5.63. The lowest BCUT2D eigenvalue weighted by atomic mass is 9.86. The maximum Gasteiger partial charge on any atom is 0.0712 e. The highest BCUT2D eigenvalue weighted by Crippen LogP contribution is 2.25. The third-order valence-electron chi connectivity index (χ3n) is 4.13. The first-order valence-corrected chi connectivity index (χ1v) is 7.33. The van der Waals surface area contributed by atoms with Gasteiger partial charge in [0.25, 0.3) is 0 Å². The molecule has 0 atom stereocenters. The molecule has 2 nitrogen and oxygen atoms in total. The van der Waals surface area contributed by atoms with Gasteiger partial charge in [-0.25, -0.2) is 0 Å². The molecule has 104 valence electrons. The van der Waals surface area contributed by atoms with Crippen LogP contribution in [-0.2, 0) is 6.42 Å². The molecule has 1 heterocycles. The molecule has 0 radical (unpaired) electrons. The van der Waals surface area contributed by atoms with Crippen LogP contribution in [0.1, 0.15) is 18.4 Å². The molecule has 0 spiro atoms. The average molecular weight is 267 g/mol. The van der Waals surface area contributed by atoms with Crippen LogP contribution in [0, 0.1) is 0 Å². The Balaban J connectivity index is 1.73. The van der Waals surface area contributed by atoms with E-state index in [1.807, 2.05) is 6.07 Å². The predicted molar refractivity (Wildman–Crippen MR) is 82.6 cm³/mol. The summed E-state index contributed by atoms with van der Waals surface area (Å²) < 4.78 is 0. The quantitative estimate of drug-likeness (QED) is 0.896. The van der Waals surface area contributed by atoms with Crippen molar-refractivity contribution in [2.45, 2.75) is 24.9 Å². The SMILES string of the molecule is OC1(Cc2ccc(-c3ccccc3)cc2)CCNCC1. The lowest BCUT2D eigenvalue weighted by molar-refractivity contribution is 0.0109. The number of aliphatic hydroxyl groups is 1. The Kier molecular flexibility index (Phi) is 3.86. The van der Waals surface area contributed by atoms with E-state index < -0.39 is 5.60 Å². The van der Waals surface area contributed by atoms with Gasteiger partial charge in [0.2, 0.25) is 0 Å². The highest BCUT2D eigenvalue weighted by Gasteiger charge is 2.28. The van der Waals surface area contributed by atoms with Crippen LogP contribution in [0.15, 0.2) is 54.6 Å². The molecule has 1 aliphatic rings. The molecular weight excluding hydrogens is 246 g/mol. The van der Waals surface area contributed by atoms with Gasteiger partial charge < -0.3 is 10.4 Å². The third kappa shape index (κ3) is 3.09. The van der Waals surface area contributed by atoms with Crippen molar-refractivity contribution >= 4 is 0 Å². The molecule has 0 aromatic heterocycles. The average Bonchev–Trinajstić information content (AvgIpc) is 2.49. The predicted octanol–water partition coefficient (Wildman–Crippen LogP) is 3.01. The Labute approximate surface area is 120 Å². The maximum absolute atomic E-state index is 10.6. The summed E-state index contributed by atoms with van der Waals surface area (Å²) in [4.78, 5) is 0. The van der Waals surface area contributed by atoms with E-state index >= 15 is 0 Å². The highest BCUT2D eigenvalue weighted by atomic mass is 16.3. The molecule has 0 aliphatic carbocycles. The Morgan fingerprint density at radius 3 is 2.10 bits per heavy atom. The van der Waals surface area contributed by atoms with Crippen LogP contribution < -0.4 is 5.32 Å². The molecule has 0 unspecified atom stereocenters. The maximum atomic E-state index is 10.6. The molecule has 1 fully saturated rings. The van der Waals surface area contributed by atoms with E-state index in [0.717, 1.165) is 32.4 Å². The van der Waals surface area contributed by atoms with Gasteiger partial charge in [0.15, 0.2) is 0 Å². The molecule has 2 aromatic rings.